The SMILES string of the molecule is CCCCCCN(C)CCN1CCC=C(c2ccc(F)cc2)c2ccc(F)cc21. The highest BCUT2D eigenvalue weighted by Gasteiger charge is 2.19. The molecule has 2 aromatic rings. The highest BCUT2D eigenvalue weighted by Crippen LogP contribution is 2.35. The molecule has 0 saturated carbocycles. The summed E-state index contributed by atoms with van der Waals surface area (Å²) in [5.41, 5.74) is 3.96. The summed E-state index contributed by atoms with van der Waals surface area (Å²) in [6, 6.07) is 11.6. The van der Waals surface area contributed by atoms with Crippen LogP contribution in [0.25, 0.3) is 5.57 Å². The molecule has 0 aliphatic carbocycles. The molecule has 0 N–H and O–H groups in total. The number of rotatable bonds is 9. The van der Waals surface area contributed by atoms with E-state index in [0.29, 0.717) is 0 Å². The van der Waals surface area contributed by atoms with Crippen molar-refractivity contribution in [3.8, 4) is 0 Å². The fourth-order valence-corrected chi connectivity index (χ4v) is 3.94. The van der Waals surface area contributed by atoms with Crippen LogP contribution in [0.15, 0.2) is 48.5 Å². The topological polar surface area (TPSA) is 6.48 Å². The Labute approximate surface area is 173 Å². The first kappa shape index (κ1) is 21.5. The molecule has 1 aliphatic heterocycles. The van der Waals surface area contributed by atoms with Crippen LogP contribution >= 0.6 is 0 Å². The fraction of sp³-hybridized carbons (Fsp3) is 0.440. The second kappa shape index (κ2) is 10.5. The smallest absolute Gasteiger partial charge is 0.125 e. The van der Waals surface area contributed by atoms with Gasteiger partial charge in [0.05, 0.1) is 0 Å². The maximum atomic E-state index is 14.1. The molecule has 0 fully saturated rings. The van der Waals surface area contributed by atoms with E-state index in [0.717, 1.165) is 55.0 Å². The molecule has 0 spiro atoms. The quantitative estimate of drug-likeness (QED) is 0.470. The number of fused-ring (bicyclic) bond motifs is 1. The zero-order chi connectivity index (χ0) is 20.6. The molecule has 0 atom stereocenters. The molecule has 0 bridgehead atoms. The van der Waals surface area contributed by atoms with Gasteiger partial charge < -0.3 is 9.80 Å². The minimum absolute atomic E-state index is 0.220. The second-order valence-electron chi connectivity index (χ2n) is 7.93. The third-order valence-electron chi connectivity index (χ3n) is 5.64. The summed E-state index contributed by atoms with van der Waals surface area (Å²) in [7, 11) is 2.17. The van der Waals surface area contributed by atoms with Crippen LogP contribution in [0.5, 0.6) is 0 Å². The first-order valence-corrected chi connectivity index (χ1v) is 10.8. The number of nitrogens with zero attached hydrogens (tertiary/aromatic N) is 2. The van der Waals surface area contributed by atoms with Crippen molar-refractivity contribution in [3.63, 3.8) is 0 Å². The van der Waals surface area contributed by atoms with Crippen molar-refractivity contribution >= 4 is 11.3 Å². The van der Waals surface area contributed by atoms with Crippen LogP contribution in [-0.2, 0) is 0 Å². The van der Waals surface area contributed by atoms with Gasteiger partial charge in [0.25, 0.3) is 0 Å². The molecule has 1 aliphatic rings. The Kier molecular flexibility index (Phi) is 7.82. The Balaban J connectivity index is 1.74. The fourth-order valence-electron chi connectivity index (χ4n) is 3.94. The van der Waals surface area contributed by atoms with Crippen molar-refractivity contribution < 1.29 is 8.78 Å². The van der Waals surface area contributed by atoms with E-state index < -0.39 is 0 Å². The highest BCUT2D eigenvalue weighted by molar-refractivity contribution is 5.87. The minimum Gasteiger partial charge on any atom is -0.369 e. The Morgan fingerprint density at radius 1 is 0.931 bits per heavy atom. The van der Waals surface area contributed by atoms with E-state index in [4.69, 9.17) is 0 Å². The Morgan fingerprint density at radius 2 is 1.69 bits per heavy atom. The summed E-state index contributed by atoms with van der Waals surface area (Å²) < 4.78 is 27.5. The molecule has 2 aromatic carbocycles. The summed E-state index contributed by atoms with van der Waals surface area (Å²) >= 11 is 0. The standard InChI is InChI=1S/C25H32F2N2/c1-3-4-5-6-15-28(2)17-18-29-16-7-8-23(20-9-11-21(26)12-10-20)24-14-13-22(27)19-25(24)29/h8-14,19H,3-7,15-18H2,1-2H3. The molecule has 2 nitrogen and oxygen atoms in total. The number of likely N-dealkylation sites (N-methyl/N-ethyl adjacent to an activating group) is 1. The van der Waals surface area contributed by atoms with Crippen molar-refractivity contribution in [2.75, 3.05) is 38.1 Å². The van der Waals surface area contributed by atoms with Crippen LogP contribution in [0.3, 0.4) is 0 Å². The van der Waals surface area contributed by atoms with Gasteiger partial charge in [0.2, 0.25) is 0 Å². The van der Waals surface area contributed by atoms with Crippen LogP contribution in [0.2, 0.25) is 0 Å². The van der Waals surface area contributed by atoms with Crippen molar-refractivity contribution in [1.82, 2.24) is 4.90 Å². The van der Waals surface area contributed by atoms with Crippen LogP contribution < -0.4 is 4.90 Å². The van der Waals surface area contributed by atoms with E-state index >= 15 is 0 Å². The monoisotopic (exact) mass is 398 g/mol. The zero-order valence-electron chi connectivity index (χ0n) is 17.6. The average molecular weight is 399 g/mol. The molecule has 0 unspecified atom stereocenters. The molecule has 0 saturated heterocycles. The molecule has 29 heavy (non-hydrogen) atoms. The number of halogens is 2. The van der Waals surface area contributed by atoms with Gasteiger partial charge >= 0.3 is 0 Å². The average Bonchev–Trinajstić information content (AvgIpc) is 2.89. The lowest BCUT2D eigenvalue weighted by Crippen LogP contribution is -2.34. The Hall–Kier alpha value is -2.20. The highest BCUT2D eigenvalue weighted by atomic mass is 19.1. The number of hydrogen-bond donors (Lipinski definition) is 0. The first-order chi connectivity index (χ1) is 14.1. The predicted molar refractivity (Wildman–Crippen MR) is 118 cm³/mol. The lowest BCUT2D eigenvalue weighted by Gasteiger charge is -2.28. The maximum absolute atomic E-state index is 14.1. The molecule has 0 aromatic heterocycles. The van der Waals surface area contributed by atoms with Gasteiger partial charge in [-0.25, -0.2) is 8.78 Å². The number of hydrogen-bond acceptors (Lipinski definition) is 2. The maximum Gasteiger partial charge on any atom is 0.125 e. The van der Waals surface area contributed by atoms with Crippen LogP contribution in [0.1, 0.15) is 50.2 Å². The van der Waals surface area contributed by atoms with Gasteiger partial charge in [0.15, 0.2) is 0 Å². The van der Waals surface area contributed by atoms with Gasteiger partial charge in [-0.05, 0) is 67.9 Å². The summed E-state index contributed by atoms with van der Waals surface area (Å²) in [5, 5.41) is 0. The van der Waals surface area contributed by atoms with Gasteiger partial charge in [-0.2, -0.15) is 0 Å². The lowest BCUT2D eigenvalue weighted by molar-refractivity contribution is 0.329. The minimum atomic E-state index is -0.245. The van der Waals surface area contributed by atoms with E-state index in [2.05, 4.69) is 29.8 Å². The van der Waals surface area contributed by atoms with Gasteiger partial charge in [0.1, 0.15) is 11.6 Å². The van der Waals surface area contributed by atoms with E-state index in [1.54, 1.807) is 18.2 Å². The molecule has 0 radical (unpaired) electrons. The van der Waals surface area contributed by atoms with Crippen molar-refractivity contribution in [2.24, 2.45) is 0 Å². The zero-order valence-corrected chi connectivity index (χ0v) is 17.6. The van der Waals surface area contributed by atoms with Gasteiger partial charge in [0, 0.05) is 30.9 Å². The van der Waals surface area contributed by atoms with E-state index in [1.165, 1.54) is 43.9 Å². The number of benzene rings is 2. The van der Waals surface area contributed by atoms with E-state index in [-0.39, 0.29) is 11.6 Å². The summed E-state index contributed by atoms with van der Waals surface area (Å²) in [6.07, 6.45) is 8.13. The molecular weight excluding hydrogens is 366 g/mol. The lowest BCUT2D eigenvalue weighted by atomic mass is 9.96. The summed E-state index contributed by atoms with van der Waals surface area (Å²) in [4.78, 5) is 4.65. The summed E-state index contributed by atoms with van der Waals surface area (Å²) in [5.74, 6) is -0.465. The number of unbranched alkanes of at least 4 members (excludes halogenated alkanes) is 3. The van der Waals surface area contributed by atoms with Gasteiger partial charge in [-0.1, -0.05) is 44.4 Å². The molecule has 156 valence electrons. The van der Waals surface area contributed by atoms with Crippen LogP contribution in [-0.4, -0.2) is 38.1 Å². The van der Waals surface area contributed by atoms with Crippen LogP contribution in [0.4, 0.5) is 14.5 Å². The van der Waals surface area contributed by atoms with E-state index in [1.807, 2.05) is 6.07 Å². The largest absolute Gasteiger partial charge is 0.369 e. The van der Waals surface area contributed by atoms with Crippen molar-refractivity contribution in [2.45, 2.75) is 39.0 Å². The van der Waals surface area contributed by atoms with E-state index in [9.17, 15) is 8.78 Å². The normalized spacial score (nSPS) is 14.0. The number of anilines is 1. The third-order valence-corrected chi connectivity index (χ3v) is 5.64. The third kappa shape index (κ3) is 5.89. The summed E-state index contributed by atoms with van der Waals surface area (Å²) in [6.45, 7) is 6.00. The molecule has 1 heterocycles. The molecular formula is C25H32F2N2. The Morgan fingerprint density at radius 3 is 2.45 bits per heavy atom. The first-order valence-electron chi connectivity index (χ1n) is 10.8. The molecule has 0 amide bonds. The van der Waals surface area contributed by atoms with Crippen molar-refractivity contribution in [1.29, 1.82) is 0 Å². The second-order valence-corrected chi connectivity index (χ2v) is 7.93. The Bertz CT molecular complexity index is 814. The molecule has 3 rings (SSSR count). The van der Waals surface area contributed by atoms with Gasteiger partial charge in [-0.3, -0.25) is 0 Å². The predicted octanol–water partition coefficient (Wildman–Crippen LogP) is 6.12. The molecule has 4 heteroatoms. The van der Waals surface area contributed by atoms with Crippen molar-refractivity contribution in [3.05, 3.63) is 71.3 Å². The van der Waals surface area contributed by atoms with Gasteiger partial charge in [-0.15, -0.1) is 0 Å². The van der Waals surface area contributed by atoms with Crippen LogP contribution in [0, 0.1) is 11.6 Å².